The van der Waals surface area contributed by atoms with Gasteiger partial charge in [0.05, 0.1) is 15.7 Å². The van der Waals surface area contributed by atoms with Crippen LogP contribution in [0.3, 0.4) is 0 Å². The van der Waals surface area contributed by atoms with Gasteiger partial charge < -0.3 is 5.32 Å². The molecular formula is C17H16ClN5OS. The summed E-state index contributed by atoms with van der Waals surface area (Å²) in [6, 6.07) is 5.21. The lowest BCUT2D eigenvalue weighted by Gasteiger charge is -2.02. The summed E-state index contributed by atoms with van der Waals surface area (Å²) >= 11 is 7.59. The number of hydrogen-bond donors (Lipinski definition) is 1. The molecule has 1 N–H and O–H groups in total. The molecule has 0 aliphatic heterocycles. The quantitative estimate of drug-likeness (QED) is 0.736. The molecule has 0 spiro atoms. The molecule has 0 saturated heterocycles. The summed E-state index contributed by atoms with van der Waals surface area (Å²) < 4.78 is 1.54. The van der Waals surface area contributed by atoms with E-state index in [2.05, 4.69) is 20.4 Å². The number of thiazole rings is 1. The Morgan fingerprint density at radius 2 is 2.28 bits per heavy atom. The fraction of sp³-hybridized carbons (Fsp3) is 0.294. The number of aryl methyl sites for hydroxylation is 1. The largest absolute Gasteiger partial charge is 0.304 e. The zero-order valence-corrected chi connectivity index (χ0v) is 15.1. The highest BCUT2D eigenvalue weighted by atomic mass is 35.5. The monoisotopic (exact) mass is 373 g/mol. The molecule has 4 rings (SSSR count). The summed E-state index contributed by atoms with van der Waals surface area (Å²) in [7, 11) is 0. The topological polar surface area (TPSA) is 72.7 Å². The number of carbonyl (C=O) groups excluding carboxylic acids is 1. The molecule has 1 aliphatic rings. The smallest absolute Gasteiger partial charge is 0.268 e. The van der Waals surface area contributed by atoms with Gasteiger partial charge in [0.15, 0.2) is 11.6 Å². The van der Waals surface area contributed by atoms with Crippen LogP contribution in [-0.4, -0.2) is 25.7 Å². The highest BCUT2D eigenvalue weighted by Gasteiger charge is 2.25. The van der Waals surface area contributed by atoms with Crippen molar-refractivity contribution in [3.05, 3.63) is 51.2 Å². The molecular weight excluding hydrogens is 358 g/mol. The number of aromatic nitrogens is 4. The molecule has 6 nitrogen and oxygen atoms in total. The second-order valence-corrected chi connectivity index (χ2v) is 7.57. The number of halogens is 1. The van der Waals surface area contributed by atoms with Crippen molar-refractivity contribution < 1.29 is 4.79 Å². The van der Waals surface area contributed by atoms with E-state index in [0.29, 0.717) is 21.5 Å². The molecule has 128 valence electrons. The van der Waals surface area contributed by atoms with Gasteiger partial charge in [0, 0.05) is 24.9 Å². The van der Waals surface area contributed by atoms with Crippen molar-refractivity contribution in [3.8, 4) is 5.82 Å². The summed E-state index contributed by atoms with van der Waals surface area (Å²) in [5.41, 5.74) is 0.769. The van der Waals surface area contributed by atoms with Crippen LogP contribution in [0.25, 0.3) is 5.82 Å². The van der Waals surface area contributed by atoms with E-state index in [-0.39, 0.29) is 5.91 Å². The molecule has 25 heavy (non-hydrogen) atoms. The van der Waals surface area contributed by atoms with Gasteiger partial charge in [0.1, 0.15) is 4.88 Å². The second-order valence-electron chi connectivity index (χ2n) is 6.08. The predicted molar refractivity (Wildman–Crippen MR) is 97.6 cm³/mol. The third-order valence-electron chi connectivity index (χ3n) is 3.99. The Morgan fingerprint density at radius 1 is 1.44 bits per heavy atom. The van der Waals surface area contributed by atoms with Gasteiger partial charge in [0.2, 0.25) is 0 Å². The Hall–Kier alpha value is -2.25. The predicted octanol–water partition coefficient (Wildman–Crippen LogP) is 3.89. The van der Waals surface area contributed by atoms with Crippen LogP contribution in [0.4, 0.5) is 5.82 Å². The normalized spacial score (nSPS) is 13.8. The zero-order valence-electron chi connectivity index (χ0n) is 13.6. The minimum atomic E-state index is -0.186. The highest BCUT2D eigenvalue weighted by molar-refractivity contribution is 7.13. The molecule has 0 radical (unpaired) electrons. The average molecular weight is 374 g/mol. The second kappa shape index (κ2) is 6.57. The summed E-state index contributed by atoms with van der Waals surface area (Å²) in [4.78, 5) is 21.9. The highest BCUT2D eigenvalue weighted by Crippen LogP contribution is 2.34. The molecule has 0 bridgehead atoms. The molecule has 1 amide bonds. The van der Waals surface area contributed by atoms with Crippen LogP contribution in [-0.2, 0) is 6.42 Å². The third kappa shape index (κ3) is 3.57. The summed E-state index contributed by atoms with van der Waals surface area (Å²) in [5, 5.41) is 8.67. The maximum atomic E-state index is 12.5. The first kappa shape index (κ1) is 16.2. The Bertz CT molecular complexity index is 931. The van der Waals surface area contributed by atoms with Crippen LogP contribution in [0, 0.1) is 12.8 Å². The molecule has 0 unspecified atom stereocenters. The minimum Gasteiger partial charge on any atom is -0.304 e. The number of carbonyl (C=O) groups is 1. The van der Waals surface area contributed by atoms with E-state index >= 15 is 0 Å². The molecule has 3 heterocycles. The Morgan fingerprint density at radius 3 is 3.04 bits per heavy atom. The number of rotatable bonds is 5. The van der Waals surface area contributed by atoms with Crippen molar-refractivity contribution in [2.45, 2.75) is 26.2 Å². The molecule has 0 aromatic carbocycles. The van der Waals surface area contributed by atoms with Gasteiger partial charge >= 0.3 is 0 Å². The first-order valence-electron chi connectivity index (χ1n) is 8.04. The standard InChI is InChI=1S/C17H16ClN5OS/c1-10-15(25-14(20-10)9-11-4-5-11)17(24)21-13-6-8-23(22-13)16-12(18)3-2-7-19-16/h2-3,6-8,11H,4-5,9H2,1H3,(H,21,22,24). The zero-order chi connectivity index (χ0) is 17.4. The van der Waals surface area contributed by atoms with E-state index in [1.54, 1.807) is 30.6 Å². The first-order valence-corrected chi connectivity index (χ1v) is 9.24. The molecule has 1 saturated carbocycles. The van der Waals surface area contributed by atoms with Crippen molar-refractivity contribution in [1.29, 1.82) is 0 Å². The van der Waals surface area contributed by atoms with Gasteiger partial charge in [-0.25, -0.2) is 14.6 Å². The van der Waals surface area contributed by atoms with E-state index < -0.39 is 0 Å². The lowest BCUT2D eigenvalue weighted by atomic mass is 10.3. The van der Waals surface area contributed by atoms with E-state index in [0.717, 1.165) is 23.0 Å². The lowest BCUT2D eigenvalue weighted by Crippen LogP contribution is -2.12. The number of anilines is 1. The van der Waals surface area contributed by atoms with Crippen molar-refractivity contribution in [1.82, 2.24) is 19.7 Å². The molecule has 3 aromatic heterocycles. The van der Waals surface area contributed by atoms with Crippen LogP contribution in [0.15, 0.2) is 30.6 Å². The Kier molecular flexibility index (Phi) is 4.27. The molecule has 1 fully saturated rings. The van der Waals surface area contributed by atoms with E-state index in [1.165, 1.54) is 28.9 Å². The van der Waals surface area contributed by atoms with Crippen LogP contribution < -0.4 is 5.32 Å². The van der Waals surface area contributed by atoms with Gasteiger partial charge in [0.25, 0.3) is 5.91 Å². The van der Waals surface area contributed by atoms with E-state index in [1.807, 2.05) is 6.92 Å². The number of amides is 1. The number of nitrogens with zero attached hydrogens (tertiary/aromatic N) is 4. The van der Waals surface area contributed by atoms with Gasteiger partial charge in [-0.05, 0) is 37.8 Å². The van der Waals surface area contributed by atoms with Gasteiger partial charge in [-0.2, -0.15) is 0 Å². The summed E-state index contributed by atoms with van der Waals surface area (Å²) in [6.07, 6.45) is 6.87. The average Bonchev–Trinajstić information content (AvgIpc) is 3.14. The Labute approximate surface area is 153 Å². The summed E-state index contributed by atoms with van der Waals surface area (Å²) in [5.74, 6) is 1.53. The number of pyridine rings is 1. The maximum absolute atomic E-state index is 12.5. The van der Waals surface area contributed by atoms with Crippen molar-refractivity contribution in [2.24, 2.45) is 5.92 Å². The first-order chi connectivity index (χ1) is 12.1. The van der Waals surface area contributed by atoms with Gasteiger partial charge in [-0.1, -0.05) is 11.6 Å². The number of nitrogens with one attached hydrogen (secondary N) is 1. The van der Waals surface area contributed by atoms with Gasteiger partial charge in [-0.15, -0.1) is 16.4 Å². The summed E-state index contributed by atoms with van der Waals surface area (Å²) in [6.45, 7) is 1.87. The van der Waals surface area contributed by atoms with E-state index in [4.69, 9.17) is 11.6 Å². The molecule has 1 aliphatic carbocycles. The third-order valence-corrected chi connectivity index (χ3v) is 5.47. The SMILES string of the molecule is Cc1nc(CC2CC2)sc1C(=O)Nc1ccn(-c2ncccc2Cl)n1. The molecule has 3 aromatic rings. The van der Waals surface area contributed by atoms with Crippen molar-refractivity contribution >= 4 is 34.7 Å². The Balaban J connectivity index is 1.50. The number of hydrogen-bond acceptors (Lipinski definition) is 5. The van der Waals surface area contributed by atoms with Crippen LogP contribution >= 0.6 is 22.9 Å². The maximum Gasteiger partial charge on any atom is 0.268 e. The fourth-order valence-corrected chi connectivity index (χ4v) is 3.83. The molecule has 0 atom stereocenters. The lowest BCUT2D eigenvalue weighted by molar-refractivity contribution is 0.102. The van der Waals surface area contributed by atoms with E-state index in [9.17, 15) is 4.79 Å². The van der Waals surface area contributed by atoms with Crippen LogP contribution in [0.5, 0.6) is 0 Å². The van der Waals surface area contributed by atoms with Crippen molar-refractivity contribution in [2.75, 3.05) is 5.32 Å². The van der Waals surface area contributed by atoms with Gasteiger partial charge in [-0.3, -0.25) is 4.79 Å². The molecule has 8 heteroatoms. The fourth-order valence-electron chi connectivity index (χ4n) is 2.55. The van der Waals surface area contributed by atoms with Crippen LogP contribution in [0.2, 0.25) is 5.02 Å². The van der Waals surface area contributed by atoms with Crippen molar-refractivity contribution in [3.63, 3.8) is 0 Å². The minimum absolute atomic E-state index is 0.186. The van der Waals surface area contributed by atoms with Crippen LogP contribution in [0.1, 0.15) is 33.2 Å².